The van der Waals surface area contributed by atoms with Crippen molar-refractivity contribution in [3.8, 4) is 0 Å². The number of benzene rings is 2. The molecule has 2 aromatic carbocycles. The highest BCUT2D eigenvalue weighted by Gasteiger charge is 2.54. The molecule has 1 aliphatic rings. The number of nitrogens with zero attached hydrogens (tertiary/aromatic N) is 1. The van der Waals surface area contributed by atoms with Crippen LogP contribution in [0.4, 0.5) is 5.69 Å². The van der Waals surface area contributed by atoms with Crippen LogP contribution in [0, 0.1) is 56.2 Å². The van der Waals surface area contributed by atoms with E-state index >= 15 is 0 Å². The molecule has 1 heterocycles. The Morgan fingerprint density at radius 3 is 1.87 bits per heavy atom. The van der Waals surface area contributed by atoms with Crippen LogP contribution < -0.4 is 4.90 Å². The minimum atomic E-state index is -0.381. The van der Waals surface area contributed by atoms with Gasteiger partial charge in [-0.25, -0.2) is 0 Å². The first-order valence-corrected chi connectivity index (χ1v) is 24.0. The molecule has 1 aliphatic heterocycles. The minimum absolute atomic E-state index is 0.0304. The second-order valence-corrected chi connectivity index (χ2v) is 21.3. The molecule has 3 rings (SSSR count). The van der Waals surface area contributed by atoms with Crippen LogP contribution in [0.3, 0.4) is 0 Å². The van der Waals surface area contributed by atoms with E-state index < -0.39 is 0 Å². The lowest BCUT2D eigenvalue weighted by Gasteiger charge is -2.58. The predicted molar refractivity (Wildman–Crippen MR) is 262 cm³/mol. The van der Waals surface area contributed by atoms with Gasteiger partial charge in [-0.05, 0) is 126 Å². The molecule has 8 unspecified atom stereocenters. The topological polar surface area (TPSA) is 54.5 Å². The van der Waals surface area contributed by atoms with Crippen molar-refractivity contribution >= 4 is 23.3 Å². The zero-order valence-corrected chi connectivity index (χ0v) is 41.5. The number of carbonyl (C=O) groups excluding carboxylic acids is 3. The Morgan fingerprint density at radius 2 is 1.36 bits per heavy atom. The molecule has 8 atom stereocenters. The monoisotopic (exact) mass is 834 g/mol. The fourth-order valence-electron chi connectivity index (χ4n) is 10.9. The number of carbonyl (C=O) groups is 3. The highest BCUT2D eigenvalue weighted by atomic mass is 16.2. The molecule has 4 heteroatoms. The summed E-state index contributed by atoms with van der Waals surface area (Å²) in [5.74, 6) is 0.279. The van der Waals surface area contributed by atoms with Gasteiger partial charge in [0, 0.05) is 23.5 Å². The fraction of sp³-hybridized carbons (Fsp3) is 0.632. The second kappa shape index (κ2) is 21.2. The molecule has 1 saturated heterocycles. The van der Waals surface area contributed by atoms with Crippen LogP contribution in [0.1, 0.15) is 190 Å². The molecule has 0 saturated carbocycles. The van der Waals surface area contributed by atoms with Crippen molar-refractivity contribution in [2.24, 2.45) is 56.2 Å². The first-order chi connectivity index (χ1) is 28.5. The lowest BCUT2D eigenvalue weighted by atomic mass is 9.47. The molecule has 0 aromatic heterocycles. The number of ketones is 1. The first-order valence-electron chi connectivity index (χ1n) is 24.0. The Bertz CT molecular complexity index is 1820. The maximum absolute atomic E-state index is 14.3. The summed E-state index contributed by atoms with van der Waals surface area (Å²) in [6.07, 6.45) is 22.0. The maximum atomic E-state index is 14.3. The van der Waals surface area contributed by atoms with Gasteiger partial charge in [0.25, 0.3) is 0 Å². The molecule has 1 fully saturated rings. The van der Waals surface area contributed by atoms with E-state index in [9.17, 15) is 14.4 Å². The van der Waals surface area contributed by atoms with E-state index in [1.807, 2.05) is 18.2 Å². The molecule has 338 valence electrons. The third-order valence-corrected chi connectivity index (χ3v) is 17.6. The lowest BCUT2D eigenvalue weighted by molar-refractivity contribution is -0.122. The van der Waals surface area contributed by atoms with Crippen molar-refractivity contribution in [3.63, 3.8) is 0 Å². The van der Waals surface area contributed by atoms with Crippen molar-refractivity contribution in [1.82, 2.24) is 0 Å². The van der Waals surface area contributed by atoms with E-state index in [-0.39, 0.29) is 68.3 Å². The van der Waals surface area contributed by atoms with E-state index in [0.29, 0.717) is 35.1 Å². The Labute approximate surface area is 374 Å². The van der Waals surface area contributed by atoms with Crippen LogP contribution in [-0.2, 0) is 9.59 Å². The Hall–Kier alpha value is -3.53. The van der Waals surface area contributed by atoms with Crippen molar-refractivity contribution in [3.05, 3.63) is 103 Å². The summed E-state index contributed by atoms with van der Waals surface area (Å²) in [7, 11) is 0. The van der Waals surface area contributed by atoms with Gasteiger partial charge in [-0.3, -0.25) is 19.3 Å². The first kappa shape index (κ1) is 51.8. The van der Waals surface area contributed by atoms with Crippen molar-refractivity contribution in [2.75, 3.05) is 4.90 Å². The normalized spacial score (nSPS) is 20.8. The van der Waals surface area contributed by atoms with E-state index in [0.717, 1.165) is 57.8 Å². The molecule has 0 spiro atoms. The second-order valence-electron chi connectivity index (χ2n) is 21.3. The van der Waals surface area contributed by atoms with Gasteiger partial charge in [0.1, 0.15) is 0 Å². The molecule has 0 N–H and O–H groups in total. The third-order valence-electron chi connectivity index (χ3n) is 17.6. The summed E-state index contributed by atoms with van der Waals surface area (Å²) in [5, 5.41) is 0. The van der Waals surface area contributed by atoms with Gasteiger partial charge in [-0.1, -0.05) is 177 Å². The van der Waals surface area contributed by atoms with E-state index in [1.54, 1.807) is 36.4 Å². The number of rotatable bonds is 25. The third kappa shape index (κ3) is 11.2. The van der Waals surface area contributed by atoms with Gasteiger partial charge in [-0.15, -0.1) is 6.58 Å². The standard InChI is InChI=1S/C57H87NO3/c1-17-24-39-54(13,20-4)42(8)48(18-2)57(16,23-7)55(14,21-5)41-46(56(15,22-6)53(11,12)38-28-37-52(9,10)19-3)34-31-45-40-49(59)58(51(45)61)47-35-32-44(33-36-47)50(60)43-29-26-25-27-30-43/h17-18,24-30,32-33,35-36,38,42,45-46,48H,2,19-23,31,34,37,39-41H2,1,3-16H3/b24-17+,38-28-. The van der Waals surface area contributed by atoms with Gasteiger partial charge in [-0.2, -0.15) is 0 Å². The van der Waals surface area contributed by atoms with Crippen LogP contribution in [-0.4, -0.2) is 17.6 Å². The molecule has 2 aromatic rings. The predicted octanol–water partition coefficient (Wildman–Crippen LogP) is 16.1. The molecule has 61 heavy (non-hydrogen) atoms. The highest BCUT2D eigenvalue weighted by Crippen LogP contribution is 2.62. The Kier molecular flexibility index (Phi) is 18.0. The molecule has 0 radical (unpaired) electrons. The Balaban J connectivity index is 2.07. The molecular weight excluding hydrogens is 747 g/mol. The van der Waals surface area contributed by atoms with Crippen molar-refractivity contribution in [1.29, 1.82) is 0 Å². The van der Waals surface area contributed by atoms with Gasteiger partial charge >= 0.3 is 0 Å². The van der Waals surface area contributed by atoms with Gasteiger partial charge < -0.3 is 0 Å². The zero-order chi connectivity index (χ0) is 46.0. The summed E-state index contributed by atoms with van der Waals surface area (Å²) in [6, 6.07) is 16.1. The average Bonchev–Trinajstić information content (AvgIpc) is 3.54. The smallest absolute Gasteiger partial charge is 0.237 e. The van der Waals surface area contributed by atoms with E-state index in [2.05, 4.69) is 141 Å². The fourth-order valence-corrected chi connectivity index (χ4v) is 10.9. The van der Waals surface area contributed by atoms with Crippen LogP contribution in [0.25, 0.3) is 0 Å². The SMILES string of the molecule is C=CC(C(C)C(C)(CC)C/C=C/C)C(C)(CC)C(C)(CC)CC(CCC1CC(=O)N(c2ccc(C(=O)c3ccccc3)cc2)C1=O)C(C)(CC)C(C)(C)/C=C\CC(C)(C)CC. The maximum Gasteiger partial charge on any atom is 0.237 e. The summed E-state index contributed by atoms with van der Waals surface area (Å²) < 4.78 is 0. The van der Waals surface area contributed by atoms with Crippen LogP contribution in [0.2, 0.25) is 0 Å². The largest absolute Gasteiger partial charge is 0.289 e. The molecule has 0 aliphatic carbocycles. The zero-order valence-electron chi connectivity index (χ0n) is 41.5. The number of anilines is 1. The van der Waals surface area contributed by atoms with Gasteiger partial charge in [0.15, 0.2) is 5.78 Å². The highest BCUT2D eigenvalue weighted by molar-refractivity contribution is 6.21. The Morgan fingerprint density at radius 1 is 0.770 bits per heavy atom. The van der Waals surface area contributed by atoms with Crippen LogP contribution in [0.15, 0.2) is 91.6 Å². The van der Waals surface area contributed by atoms with Crippen LogP contribution in [0.5, 0.6) is 0 Å². The average molecular weight is 834 g/mol. The van der Waals surface area contributed by atoms with Gasteiger partial charge in [0.2, 0.25) is 11.8 Å². The van der Waals surface area contributed by atoms with Crippen molar-refractivity contribution in [2.45, 2.75) is 174 Å². The summed E-state index contributed by atoms with van der Waals surface area (Å²) in [4.78, 5) is 42.5. The minimum Gasteiger partial charge on any atom is -0.289 e. The summed E-state index contributed by atoms with van der Waals surface area (Å²) in [5.41, 5.74) is 1.80. The number of hydrogen-bond acceptors (Lipinski definition) is 3. The number of imide groups is 1. The molecule has 0 bridgehead atoms. The summed E-state index contributed by atoms with van der Waals surface area (Å²) >= 11 is 0. The number of hydrogen-bond donors (Lipinski definition) is 0. The molecule has 4 nitrogen and oxygen atoms in total. The molecular formula is C57H87NO3. The number of amides is 2. The number of allylic oxidation sites excluding steroid dienone is 5. The quantitative estimate of drug-likeness (QED) is 0.0569. The van der Waals surface area contributed by atoms with Crippen LogP contribution >= 0.6 is 0 Å². The lowest BCUT2D eigenvalue weighted by Crippen LogP contribution is -2.50. The summed E-state index contributed by atoms with van der Waals surface area (Å²) in [6.45, 7) is 40.6. The molecule has 2 amide bonds. The van der Waals surface area contributed by atoms with E-state index in [4.69, 9.17) is 0 Å². The van der Waals surface area contributed by atoms with Gasteiger partial charge in [0.05, 0.1) is 5.69 Å². The van der Waals surface area contributed by atoms with E-state index in [1.165, 1.54) is 4.90 Å². The van der Waals surface area contributed by atoms with Crippen molar-refractivity contribution < 1.29 is 14.4 Å².